The third kappa shape index (κ3) is 2.66. The Hall–Kier alpha value is -0.790. The molecule has 0 bridgehead atoms. The molecule has 0 aromatic carbocycles. The second kappa shape index (κ2) is 5.03. The Kier molecular flexibility index (Phi) is 3.67. The van der Waals surface area contributed by atoms with E-state index in [0.717, 1.165) is 32.1 Å². The van der Waals surface area contributed by atoms with E-state index in [1.165, 1.54) is 19.3 Å². The number of rotatable bonds is 2. The first-order chi connectivity index (χ1) is 7.71. The van der Waals surface area contributed by atoms with Crippen molar-refractivity contribution < 1.29 is 9.53 Å². The van der Waals surface area contributed by atoms with Gasteiger partial charge >= 0.3 is 5.97 Å². The van der Waals surface area contributed by atoms with E-state index in [-0.39, 0.29) is 17.5 Å². The lowest BCUT2D eigenvalue weighted by Gasteiger charge is -2.30. The van der Waals surface area contributed by atoms with Gasteiger partial charge in [0.2, 0.25) is 0 Å². The molecule has 0 aromatic heterocycles. The predicted molar refractivity (Wildman–Crippen MR) is 64.1 cm³/mol. The highest BCUT2D eigenvalue weighted by atomic mass is 16.5. The maximum Gasteiger partial charge on any atom is 0.315 e. The summed E-state index contributed by atoms with van der Waals surface area (Å²) in [5, 5.41) is 0. The van der Waals surface area contributed by atoms with Gasteiger partial charge in [0.15, 0.2) is 0 Å². The monoisotopic (exact) mass is 222 g/mol. The standard InChI is InChI=1S/C14H22O2/c1-14(10-6-3-7-11-14)13(15)16-12-8-4-2-5-9-12/h6,10,12H,2-5,7-9,11H2,1H3. The predicted octanol–water partition coefficient (Wildman–Crippen LogP) is 3.61. The van der Waals surface area contributed by atoms with Crippen molar-refractivity contribution in [2.24, 2.45) is 5.41 Å². The Morgan fingerprint density at radius 1 is 1.25 bits per heavy atom. The average Bonchev–Trinajstić information content (AvgIpc) is 2.31. The molecule has 2 aliphatic carbocycles. The number of hydrogen-bond donors (Lipinski definition) is 0. The summed E-state index contributed by atoms with van der Waals surface area (Å²) < 4.78 is 5.64. The second-order valence-electron chi connectivity index (χ2n) is 5.38. The highest BCUT2D eigenvalue weighted by Crippen LogP contribution is 2.33. The molecular weight excluding hydrogens is 200 g/mol. The smallest absolute Gasteiger partial charge is 0.315 e. The minimum absolute atomic E-state index is 0.00431. The molecule has 2 aliphatic rings. The first-order valence-electron chi connectivity index (χ1n) is 6.59. The molecule has 1 atom stereocenters. The van der Waals surface area contributed by atoms with Crippen molar-refractivity contribution in [3.05, 3.63) is 12.2 Å². The van der Waals surface area contributed by atoms with Gasteiger partial charge in [-0.2, -0.15) is 0 Å². The molecule has 0 saturated heterocycles. The van der Waals surface area contributed by atoms with Crippen LogP contribution in [0.5, 0.6) is 0 Å². The van der Waals surface area contributed by atoms with E-state index in [9.17, 15) is 4.79 Å². The number of esters is 1. The van der Waals surface area contributed by atoms with Crippen molar-refractivity contribution in [1.82, 2.24) is 0 Å². The van der Waals surface area contributed by atoms with Crippen molar-refractivity contribution in [2.75, 3.05) is 0 Å². The average molecular weight is 222 g/mol. The SMILES string of the molecule is CC1(C(=O)OC2CCCCC2)C=CCCC1. The van der Waals surface area contributed by atoms with Gasteiger partial charge in [0.25, 0.3) is 0 Å². The summed E-state index contributed by atoms with van der Waals surface area (Å²) in [6, 6.07) is 0. The van der Waals surface area contributed by atoms with Gasteiger partial charge in [-0.3, -0.25) is 4.79 Å². The van der Waals surface area contributed by atoms with E-state index < -0.39 is 0 Å². The lowest BCUT2D eigenvalue weighted by molar-refractivity contribution is -0.159. The van der Waals surface area contributed by atoms with Gasteiger partial charge in [0, 0.05) is 0 Å². The van der Waals surface area contributed by atoms with Crippen LogP contribution in [0.3, 0.4) is 0 Å². The molecular formula is C14H22O2. The van der Waals surface area contributed by atoms with E-state index in [0.29, 0.717) is 0 Å². The zero-order valence-corrected chi connectivity index (χ0v) is 10.2. The zero-order valence-electron chi connectivity index (χ0n) is 10.2. The highest BCUT2D eigenvalue weighted by Gasteiger charge is 2.34. The summed E-state index contributed by atoms with van der Waals surface area (Å²) >= 11 is 0. The highest BCUT2D eigenvalue weighted by molar-refractivity contribution is 5.79. The molecule has 0 N–H and O–H groups in total. The Bertz CT molecular complexity index is 276. The maximum absolute atomic E-state index is 12.1. The van der Waals surface area contributed by atoms with E-state index >= 15 is 0 Å². The molecule has 0 aromatic rings. The van der Waals surface area contributed by atoms with Crippen LogP contribution in [-0.2, 0) is 9.53 Å². The quantitative estimate of drug-likeness (QED) is 0.527. The van der Waals surface area contributed by atoms with Crippen LogP contribution in [0.4, 0.5) is 0 Å². The summed E-state index contributed by atoms with van der Waals surface area (Å²) in [4.78, 5) is 12.1. The lowest BCUT2D eigenvalue weighted by atomic mass is 9.81. The largest absolute Gasteiger partial charge is 0.462 e. The van der Waals surface area contributed by atoms with E-state index in [4.69, 9.17) is 4.74 Å². The second-order valence-corrected chi connectivity index (χ2v) is 5.38. The Morgan fingerprint density at radius 3 is 2.62 bits per heavy atom. The first-order valence-corrected chi connectivity index (χ1v) is 6.59. The third-order valence-electron chi connectivity index (χ3n) is 3.84. The summed E-state index contributed by atoms with van der Waals surface area (Å²) in [5.41, 5.74) is -0.351. The maximum atomic E-state index is 12.1. The number of allylic oxidation sites excluding steroid dienone is 1. The first kappa shape index (κ1) is 11.7. The van der Waals surface area contributed by atoms with Crippen LogP contribution >= 0.6 is 0 Å². The van der Waals surface area contributed by atoms with Crippen molar-refractivity contribution in [2.45, 2.75) is 64.4 Å². The molecule has 1 unspecified atom stereocenters. The molecule has 0 radical (unpaired) electrons. The van der Waals surface area contributed by atoms with E-state index in [2.05, 4.69) is 6.08 Å². The number of carbonyl (C=O) groups excluding carboxylic acids is 1. The van der Waals surface area contributed by atoms with Crippen LogP contribution in [0.25, 0.3) is 0 Å². The van der Waals surface area contributed by atoms with Crippen LogP contribution in [0.2, 0.25) is 0 Å². The van der Waals surface area contributed by atoms with E-state index in [1.54, 1.807) is 0 Å². The fourth-order valence-electron chi connectivity index (χ4n) is 2.65. The van der Waals surface area contributed by atoms with Crippen LogP contribution in [0.1, 0.15) is 58.3 Å². The third-order valence-corrected chi connectivity index (χ3v) is 3.84. The zero-order chi connectivity index (χ0) is 11.4. The van der Waals surface area contributed by atoms with Gasteiger partial charge in [-0.1, -0.05) is 18.6 Å². The summed E-state index contributed by atoms with van der Waals surface area (Å²) in [7, 11) is 0. The lowest BCUT2D eigenvalue weighted by Crippen LogP contribution is -2.33. The van der Waals surface area contributed by atoms with Crippen molar-refractivity contribution in [1.29, 1.82) is 0 Å². The Morgan fingerprint density at radius 2 is 2.00 bits per heavy atom. The van der Waals surface area contributed by atoms with Gasteiger partial charge in [-0.15, -0.1) is 0 Å². The topological polar surface area (TPSA) is 26.3 Å². The van der Waals surface area contributed by atoms with Crippen LogP contribution in [-0.4, -0.2) is 12.1 Å². The molecule has 1 fully saturated rings. The summed E-state index contributed by atoms with van der Waals surface area (Å²) in [5.74, 6) is -0.00431. The number of carbonyl (C=O) groups is 1. The normalized spacial score (nSPS) is 31.3. The summed E-state index contributed by atoms with van der Waals surface area (Å²) in [6.45, 7) is 2.01. The molecule has 1 saturated carbocycles. The molecule has 2 heteroatoms. The molecule has 0 amide bonds. The molecule has 0 aliphatic heterocycles. The fraction of sp³-hybridized carbons (Fsp3) is 0.786. The fourth-order valence-corrected chi connectivity index (χ4v) is 2.65. The van der Waals surface area contributed by atoms with Crippen LogP contribution in [0, 0.1) is 5.41 Å². The molecule has 90 valence electrons. The van der Waals surface area contributed by atoms with Crippen LogP contribution < -0.4 is 0 Å². The minimum atomic E-state index is -0.351. The molecule has 2 rings (SSSR count). The van der Waals surface area contributed by atoms with Gasteiger partial charge < -0.3 is 4.74 Å². The van der Waals surface area contributed by atoms with E-state index in [1.807, 2.05) is 13.0 Å². The van der Waals surface area contributed by atoms with Gasteiger partial charge in [-0.25, -0.2) is 0 Å². The summed E-state index contributed by atoms with van der Waals surface area (Å²) in [6.07, 6.45) is 13.3. The Labute approximate surface area is 98.1 Å². The molecule has 16 heavy (non-hydrogen) atoms. The van der Waals surface area contributed by atoms with Crippen molar-refractivity contribution in [3.63, 3.8) is 0 Å². The van der Waals surface area contributed by atoms with Crippen LogP contribution in [0.15, 0.2) is 12.2 Å². The van der Waals surface area contributed by atoms with Gasteiger partial charge in [-0.05, 0) is 51.9 Å². The molecule has 0 heterocycles. The van der Waals surface area contributed by atoms with Crippen molar-refractivity contribution in [3.8, 4) is 0 Å². The minimum Gasteiger partial charge on any atom is -0.462 e. The number of hydrogen-bond acceptors (Lipinski definition) is 2. The molecule has 2 nitrogen and oxygen atoms in total. The van der Waals surface area contributed by atoms with Crippen molar-refractivity contribution >= 4 is 5.97 Å². The molecule has 0 spiro atoms. The van der Waals surface area contributed by atoms with Gasteiger partial charge in [0.05, 0.1) is 5.41 Å². The Balaban J connectivity index is 1.91. The number of ether oxygens (including phenoxy) is 1. The van der Waals surface area contributed by atoms with Gasteiger partial charge in [0.1, 0.15) is 6.10 Å².